The van der Waals surface area contributed by atoms with E-state index in [0.29, 0.717) is 26.9 Å². The predicted octanol–water partition coefficient (Wildman–Crippen LogP) is 3.68. The highest BCUT2D eigenvalue weighted by Crippen LogP contribution is 2.35. The van der Waals surface area contributed by atoms with E-state index in [9.17, 15) is 14.7 Å². The van der Waals surface area contributed by atoms with E-state index in [-0.39, 0.29) is 0 Å². The monoisotopic (exact) mass is 379 g/mol. The average Bonchev–Trinajstić information content (AvgIpc) is 2.58. The van der Waals surface area contributed by atoms with Gasteiger partial charge in [-0.3, -0.25) is 4.79 Å². The number of amides is 1. The maximum Gasteiger partial charge on any atom is 0.328 e. The number of hydrogen-bond acceptors (Lipinski definition) is 3. The van der Waals surface area contributed by atoms with Gasteiger partial charge in [0.1, 0.15) is 6.10 Å². The number of halogens is 2. The molecule has 1 amide bonds. The Morgan fingerprint density at radius 3 is 2.40 bits per heavy atom. The van der Waals surface area contributed by atoms with Gasteiger partial charge in [-0.25, -0.2) is 4.79 Å². The minimum atomic E-state index is -1.23. The molecule has 0 fully saturated rings. The Hall–Kier alpha value is -2.34. The molecular weight excluding hydrogens is 365 g/mol. The number of carbonyl (C=O) groups excluding carboxylic acids is 1. The number of rotatable bonds is 5. The molecule has 25 heavy (non-hydrogen) atoms. The van der Waals surface area contributed by atoms with E-state index < -0.39 is 18.0 Å². The maximum atomic E-state index is 12.1. The molecular formula is C18H15Cl2NO4. The van der Waals surface area contributed by atoms with Gasteiger partial charge in [0.15, 0.2) is 0 Å². The zero-order chi connectivity index (χ0) is 18.6. The molecule has 2 aromatic rings. The van der Waals surface area contributed by atoms with Gasteiger partial charge in [-0.15, -0.1) is 0 Å². The molecule has 7 heteroatoms. The van der Waals surface area contributed by atoms with Crippen molar-refractivity contribution in [2.24, 2.45) is 0 Å². The van der Waals surface area contributed by atoms with Crippen LogP contribution in [0.15, 0.2) is 54.6 Å². The van der Waals surface area contributed by atoms with E-state index in [1.165, 1.54) is 18.0 Å². The molecule has 0 aliphatic carbocycles. The highest BCUT2D eigenvalue weighted by molar-refractivity contribution is 6.31. The third-order valence-electron chi connectivity index (χ3n) is 3.54. The number of aliphatic carboxylic acids is 1. The summed E-state index contributed by atoms with van der Waals surface area (Å²) in [5, 5.41) is 20.1. The van der Waals surface area contributed by atoms with Crippen LogP contribution in [0.4, 0.5) is 5.69 Å². The summed E-state index contributed by atoms with van der Waals surface area (Å²) in [7, 11) is 1.47. The molecule has 130 valence electrons. The van der Waals surface area contributed by atoms with Crippen molar-refractivity contribution in [3.8, 4) is 0 Å². The largest absolute Gasteiger partial charge is 0.478 e. The molecule has 0 aliphatic heterocycles. The number of nitrogens with zero attached hydrogens (tertiary/aromatic N) is 1. The van der Waals surface area contributed by atoms with Crippen molar-refractivity contribution in [3.05, 3.63) is 75.8 Å². The van der Waals surface area contributed by atoms with Crippen LogP contribution in [-0.2, 0) is 9.59 Å². The lowest BCUT2D eigenvalue weighted by atomic mass is 9.99. The van der Waals surface area contributed by atoms with Gasteiger partial charge < -0.3 is 15.1 Å². The van der Waals surface area contributed by atoms with Crippen molar-refractivity contribution in [1.82, 2.24) is 0 Å². The van der Waals surface area contributed by atoms with E-state index in [0.717, 1.165) is 12.2 Å². The lowest BCUT2D eigenvalue weighted by Crippen LogP contribution is -2.26. The summed E-state index contributed by atoms with van der Waals surface area (Å²) in [5.41, 5.74) is 1.23. The first-order valence-electron chi connectivity index (χ1n) is 7.22. The zero-order valence-electron chi connectivity index (χ0n) is 13.2. The number of hydrogen-bond donors (Lipinski definition) is 2. The first kappa shape index (κ1) is 19.0. The number of aliphatic hydroxyl groups excluding tert-OH is 1. The van der Waals surface area contributed by atoms with Crippen LogP contribution in [-0.4, -0.2) is 29.1 Å². The second-order valence-electron chi connectivity index (χ2n) is 5.20. The first-order chi connectivity index (χ1) is 11.8. The van der Waals surface area contributed by atoms with E-state index in [2.05, 4.69) is 0 Å². The Kier molecular flexibility index (Phi) is 6.20. The number of benzene rings is 2. The van der Waals surface area contributed by atoms with Gasteiger partial charge in [0, 0.05) is 46.1 Å². The van der Waals surface area contributed by atoms with Gasteiger partial charge in [-0.05, 0) is 24.3 Å². The lowest BCUT2D eigenvalue weighted by Gasteiger charge is -2.23. The molecule has 2 aromatic carbocycles. The van der Waals surface area contributed by atoms with Gasteiger partial charge in [0.25, 0.3) is 5.91 Å². The normalized spacial score (nSPS) is 12.2. The fraction of sp³-hybridized carbons (Fsp3) is 0.111. The van der Waals surface area contributed by atoms with Crippen molar-refractivity contribution in [1.29, 1.82) is 0 Å². The Morgan fingerprint density at radius 2 is 1.76 bits per heavy atom. The van der Waals surface area contributed by atoms with Crippen LogP contribution in [0, 0.1) is 0 Å². The fourth-order valence-corrected chi connectivity index (χ4v) is 2.71. The molecule has 0 saturated carbocycles. The number of carbonyl (C=O) groups is 2. The Bertz CT molecular complexity index is 836. The summed E-state index contributed by atoms with van der Waals surface area (Å²) in [6.45, 7) is 0. The van der Waals surface area contributed by atoms with E-state index in [1.54, 1.807) is 36.4 Å². The molecule has 2 N–H and O–H groups in total. The summed E-state index contributed by atoms with van der Waals surface area (Å²) in [6, 6.07) is 11.5. The minimum Gasteiger partial charge on any atom is -0.478 e. The van der Waals surface area contributed by atoms with Crippen LogP contribution in [0.5, 0.6) is 0 Å². The minimum absolute atomic E-state index is 0.375. The summed E-state index contributed by atoms with van der Waals surface area (Å²) < 4.78 is 0. The Balaban J connectivity index is 2.45. The molecule has 1 unspecified atom stereocenters. The number of carboxylic acid groups (broad SMARTS) is 1. The van der Waals surface area contributed by atoms with Crippen LogP contribution in [0.2, 0.25) is 10.0 Å². The molecule has 5 nitrogen and oxygen atoms in total. The smallest absolute Gasteiger partial charge is 0.328 e. The van der Waals surface area contributed by atoms with Crippen LogP contribution in [0.3, 0.4) is 0 Å². The van der Waals surface area contributed by atoms with Gasteiger partial charge in [0.2, 0.25) is 0 Å². The zero-order valence-corrected chi connectivity index (χ0v) is 14.7. The first-order valence-corrected chi connectivity index (χ1v) is 7.97. The van der Waals surface area contributed by atoms with Crippen LogP contribution in [0.25, 0.3) is 0 Å². The highest BCUT2D eigenvalue weighted by atomic mass is 35.5. The second-order valence-corrected chi connectivity index (χ2v) is 6.04. The van der Waals surface area contributed by atoms with E-state index >= 15 is 0 Å². The van der Waals surface area contributed by atoms with E-state index in [4.69, 9.17) is 28.3 Å². The Labute approximate surface area is 154 Å². The molecule has 1 atom stereocenters. The molecule has 0 bridgehead atoms. The second kappa shape index (κ2) is 8.16. The van der Waals surface area contributed by atoms with Gasteiger partial charge in [-0.2, -0.15) is 0 Å². The Morgan fingerprint density at radius 1 is 1.08 bits per heavy atom. The summed E-state index contributed by atoms with van der Waals surface area (Å²) in [6.07, 6.45) is 0.572. The topological polar surface area (TPSA) is 77.8 Å². The SMILES string of the molecule is CN(C(=O)/C=C/C(=O)O)c1ccc(Cl)cc1C(O)c1ccccc1Cl. The lowest BCUT2D eigenvalue weighted by molar-refractivity contribution is -0.131. The standard InChI is InChI=1S/C18H15Cl2NO4/c1-21(16(22)8-9-17(23)24)15-7-6-11(19)10-13(15)18(25)12-4-2-3-5-14(12)20/h2-10,18,25H,1H3,(H,23,24)/b9-8+. The molecule has 0 aromatic heterocycles. The van der Waals surface area contributed by atoms with Crippen molar-refractivity contribution < 1.29 is 19.8 Å². The number of aliphatic hydroxyl groups is 1. The molecule has 0 radical (unpaired) electrons. The summed E-state index contributed by atoms with van der Waals surface area (Å²) in [5.74, 6) is -1.79. The number of anilines is 1. The van der Waals surface area contributed by atoms with E-state index in [1.807, 2.05) is 0 Å². The van der Waals surface area contributed by atoms with Crippen molar-refractivity contribution in [2.75, 3.05) is 11.9 Å². The third kappa shape index (κ3) is 4.60. The molecule has 2 rings (SSSR count). The van der Waals surface area contributed by atoms with Crippen LogP contribution >= 0.6 is 23.2 Å². The maximum absolute atomic E-state index is 12.1. The molecule has 0 aliphatic rings. The molecule has 0 heterocycles. The van der Waals surface area contributed by atoms with Gasteiger partial charge in [-0.1, -0.05) is 41.4 Å². The fourth-order valence-electron chi connectivity index (χ4n) is 2.29. The number of likely N-dealkylation sites (N-methyl/N-ethyl adjacent to an activating group) is 1. The van der Waals surface area contributed by atoms with Crippen LogP contribution in [0.1, 0.15) is 17.2 Å². The van der Waals surface area contributed by atoms with Crippen molar-refractivity contribution in [3.63, 3.8) is 0 Å². The van der Waals surface area contributed by atoms with Crippen LogP contribution < -0.4 is 4.90 Å². The quantitative estimate of drug-likeness (QED) is 0.776. The van der Waals surface area contributed by atoms with Gasteiger partial charge in [0.05, 0.1) is 0 Å². The van der Waals surface area contributed by atoms with Gasteiger partial charge >= 0.3 is 5.97 Å². The predicted molar refractivity (Wildman–Crippen MR) is 97.2 cm³/mol. The van der Waals surface area contributed by atoms with Crippen molar-refractivity contribution >= 4 is 40.8 Å². The summed E-state index contributed by atoms with van der Waals surface area (Å²) in [4.78, 5) is 23.9. The highest BCUT2D eigenvalue weighted by Gasteiger charge is 2.21. The third-order valence-corrected chi connectivity index (χ3v) is 4.12. The molecule has 0 spiro atoms. The van der Waals surface area contributed by atoms with Crippen molar-refractivity contribution in [2.45, 2.75) is 6.10 Å². The number of carboxylic acids is 1. The average molecular weight is 380 g/mol. The molecule has 0 saturated heterocycles. The summed E-state index contributed by atoms with van der Waals surface area (Å²) >= 11 is 12.2.